The van der Waals surface area contributed by atoms with Gasteiger partial charge in [0, 0.05) is 25.4 Å². The third kappa shape index (κ3) is 8.67. The van der Waals surface area contributed by atoms with Crippen molar-refractivity contribution in [3.63, 3.8) is 0 Å². The summed E-state index contributed by atoms with van der Waals surface area (Å²) < 4.78 is 46.8. The summed E-state index contributed by atoms with van der Waals surface area (Å²) in [6, 6.07) is 4.83. The van der Waals surface area contributed by atoms with Crippen molar-refractivity contribution in [1.82, 2.24) is 10.6 Å². The zero-order chi connectivity index (χ0) is 19.0. The van der Waals surface area contributed by atoms with Gasteiger partial charge in [-0.1, -0.05) is 6.07 Å². The van der Waals surface area contributed by atoms with Crippen molar-refractivity contribution < 1.29 is 22.6 Å². The Balaban J connectivity index is 0.00000364. The Morgan fingerprint density at radius 2 is 2.07 bits per heavy atom. The van der Waals surface area contributed by atoms with Crippen molar-refractivity contribution in [1.29, 1.82) is 0 Å². The highest BCUT2D eigenvalue weighted by atomic mass is 127. The fourth-order valence-electron chi connectivity index (χ4n) is 2.52. The van der Waals surface area contributed by atoms with Crippen LogP contribution in [0.2, 0.25) is 0 Å². The number of methoxy groups -OCH3 is 1. The number of rotatable bonds is 7. The highest BCUT2D eigenvalue weighted by Gasteiger charge is 2.29. The third-order valence-electron chi connectivity index (χ3n) is 3.82. The van der Waals surface area contributed by atoms with E-state index in [1.54, 1.807) is 19.2 Å². The molecule has 154 valence electrons. The number of nitrogens with one attached hydrogen (secondary N) is 2. The Morgan fingerprint density at radius 1 is 1.30 bits per heavy atom. The Kier molecular flexibility index (Phi) is 10.4. The second-order valence-corrected chi connectivity index (χ2v) is 7.24. The first-order valence-corrected chi connectivity index (χ1v) is 9.38. The SMILES string of the molecule is CN=C(NCc1ccc(OCC(F)(F)F)c(OC)c1)NCC1CCCS1.I. The van der Waals surface area contributed by atoms with E-state index in [9.17, 15) is 13.2 Å². The molecule has 0 aromatic heterocycles. The molecule has 1 aromatic rings. The normalized spacial score (nSPS) is 17.2. The van der Waals surface area contributed by atoms with Crippen molar-refractivity contribution in [3.05, 3.63) is 23.8 Å². The number of halogens is 4. The topological polar surface area (TPSA) is 54.9 Å². The van der Waals surface area contributed by atoms with Crippen molar-refractivity contribution in [2.75, 3.05) is 33.1 Å². The Morgan fingerprint density at radius 3 is 2.67 bits per heavy atom. The van der Waals surface area contributed by atoms with E-state index in [0.717, 1.165) is 12.1 Å². The Labute approximate surface area is 178 Å². The number of benzene rings is 1. The molecule has 1 aliphatic rings. The molecular weight excluding hydrogens is 494 g/mol. The van der Waals surface area contributed by atoms with E-state index in [-0.39, 0.29) is 35.5 Å². The van der Waals surface area contributed by atoms with Gasteiger partial charge in [0.15, 0.2) is 24.1 Å². The zero-order valence-electron chi connectivity index (χ0n) is 15.3. The number of hydrogen-bond acceptors (Lipinski definition) is 4. The molecular formula is C17H25F3IN3O2S. The molecule has 1 saturated heterocycles. The minimum atomic E-state index is -4.39. The largest absolute Gasteiger partial charge is 0.493 e. The predicted molar refractivity (Wildman–Crippen MR) is 114 cm³/mol. The van der Waals surface area contributed by atoms with Crippen LogP contribution < -0.4 is 20.1 Å². The van der Waals surface area contributed by atoms with Gasteiger partial charge in [-0.25, -0.2) is 0 Å². The molecule has 1 aromatic carbocycles. The van der Waals surface area contributed by atoms with Crippen LogP contribution in [0.25, 0.3) is 0 Å². The van der Waals surface area contributed by atoms with Crippen LogP contribution in [-0.2, 0) is 6.54 Å². The second kappa shape index (κ2) is 11.7. The first-order valence-electron chi connectivity index (χ1n) is 8.34. The molecule has 0 saturated carbocycles. The number of ether oxygens (including phenoxy) is 2. The van der Waals surface area contributed by atoms with Crippen LogP contribution in [0, 0.1) is 0 Å². The number of thioether (sulfide) groups is 1. The first kappa shape index (κ1) is 24.0. The molecule has 1 aliphatic heterocycles. The summed E-state index contributed by atoms with van der Waals surface area (Å²) >= 11 is 1.97. The van der Waals surface area contributed by atoms with Crippen molar-refractivity contribution in [3.8, 4) is 11.5 Å². The van der Waals surface area contributed by atoms with Gasteiger partial charge < -0.3 is 20.1 Å². The molecule has 1 heterocycles. The van der Waals surface area contributed by atoms with E-state index in [1.165, 1.54) is 31.8 Å². The molecule has 10 heteroatoms. The monoisotopic (exact) mass is 519 g/mol. The maximum atomic E-state index is 12.3. The van der Waals surface area contributed by atoms with Gasteiger partial charge in [-0.05, 0) is 36.3 Å². The van der Waals surface area contributed by atoms with Crippen LogP contribution in [0.4, 0.5) is 13.2 Å². The highest BCUT2D eigenvalue weighted by Crippen LogP contribution is 2.29. The van der Waals surface area contributed by atoms with Gasteiger partial charge in [-0.15, -0.1) is 24.0 Å². The lowest BCUT2D eigenvalue weighted by molar-refractivity contribution is -0.153. The lowest BCUT2D eigenvalue weighted by Gasteiger charge is -2.16. The quantitative estimate of drug-likeness (QED) is 0.326. The summed E-state index contributed by atoms with van der Waals surface area (Å²) in [4.78, 5) is 4.18. The number of alkyl halides is 3. The molecule has 1 unspecified atom stereocenters. The number of aliphatic imine (C=N–C) groups is 1. The van der Waals surface area contributed by atoms with Crippen LogP contribution in [-0.4, -0.2) is 50.4 Å². The lowest BCUT2D eigenvalue weighted by Crippen LogP contribution is -2.39. The van der Waals surface area contributed by atoms with Crippen LogP contribution >= 0.6 is 35.7 Å². The third-order valence-corrected chi connectivity index (χ3v) is 5.22. The fourth-order valence-corrected chi connectivity index (χ4v) is 3.72. The lowest BCUT2D eigenvalue weighted by atomic mass is 10.2. The van der Waals surface area contributed by atoms with Crippen LogP contribution in [0.3, 0.4) is 0 Å². The van der Waals surface area contributed by atoms with Crippen molar-refractivity contribution >= 4 is 41.7 Å². The van der Waals surface area contributed by atoms with Gasteiger partial charge >= 0.3 is 6.18 Å². The van der Waals surface area contributed by atoms with E-state index in [1.807, 2.05) is 11.8 Å². The number of hydrogen-bond donors (Lipinski definition) is 2. The van der Waals surface area contributed by atoms with Crippen molar-refractivity contribution in [2.45, 2.75) is 30.8 Å². The molecule has 2 N–H and O–H groups in total. The minimum absolute atomic E-state index is 0. The average Bonchev–Trinajstić information content (AvgIpc) is 3.13. The van der Waals surface area contributed by atoms with Gasteiger partial charge in [0.25, 0.3) is 0 Å². The first-order chi connectivity index (χ1) is 12.4. The Hall–Kier alpha value is -1.04. The van der Waals surface area contributed by atoms with Gasteiger partial charge in [0.1, 0.15) is 0 Å². The van der Waals surface area contributed by atoms with Crippen LogP contribution in [0.15, 0.2) is 23.2 Å². The molecule has 0 aliphatic carbocycles. The molecule has 0 radical (unpaired) electrons. The number of guanidine groups is 1. The van der Waals surface area contributed by atoms with Crippen LogP contribution in [0.1, 0.15) is 18.4 Å². The molecule has 0 bridgehead atoms. The van der Waals surface area contributed by atoms with Gasteiger partial charge in [-0.3, -0.25) is 4.99 Å². The van der Waals surface area contributed by atoms with E-state index < -0.39 is 12.8 Å². The van der Waals surface area contributed by atoms with E-state index in [4.69, 9.17) is 9.47 Å². The second-order valence-electron chi connectivity index (χ2n) is 5.83. The van der Waals surface area contributed by atoms with Gasteiger partial charge in [-0.2, -0.15) is 24.9 Å². The standard InChI is InChI=1S/C17H24F3N3O2S.HI/c1-21-16(23-10-13-4-3-7-26-13)22-9-12-5-6-14(15(8-12)24-2)25-11-17(18,19)20;/h5-6,8,13H,3-4,7,9-11H2,1-2H3,(H2,21,22,23);1H. The smallest absolute Gasteiger partial charge is 0.422 e. The van der Waals surface area contributed by atoms with E-state index in [0.29, 0.717) is 17.8 Å². The maximum Gasteiger partial charge on any atom is 0.422 e. The molecule has 0 spiro atoms. The number of nitrogens with zero attached hydrogens (tertiary/aromatic N) is 1. The average molecular weight is 519 g/mol. The molecule has 1 fully saturated rings. The van der Waals surface area contributed by atoms with Crippen LogP contribution in [0.5, 0.6) is 11.5 Å². The maximum absolute atomic E-state index is 12.3. The molecule has 5 nitrogen and oxygen atoms in total. The zero-order valence-corrected chi connectivity index (χ0v) is 18.4. The van der Waals surface area contributed by atoms with Gasteiger partial charge in [0.2, 0.25) is 0 Å². The van der Waals surface area contributed by atoms with E-state index in [2.05, 4.69) is 15.6 Å². The fraction of sp³-hybridized carbons (Fsp3) is 0.588. The van der Waals surface area contributed by atoms with E-state index >= 15 is 0 Å². The summed E-state index contributed by atoms with van der Waals surface area (Å²) in [5.41, 5.74) is 0.847. The molecule has 2 rings (SSSR count). The molecule has 27 heavy (non-hydrogen) atoms. The summed E-state index contributed by atoms with van der Waals surface area (Å²) in [7, 11) is 3.10. The van der Waals surface area contributed by atoms with Gasteiger partial charge in [0.05, 0.1) is 7.11 Å². The predicted octanol–water partition coefficient (Wildman–Crippen LogP) is 3.81. The summed E-state index contributed by atoms with van der Waals surface area (Å²) in [5.74, 6) is 2.23. The van der Waals surface area contributed by atoms with Crippen molar-refractivity contribution in [2.24, 2.45) is 4.99 Å². The summed E-state index contributed by atoms with van der Waals surface area (Å²) in [5, 5.41) is 7.10. The summed E-state index contributed by atoms with van der Waals surface area (Å²) in [6.07, 6.45) is -1.92. The molecule has 0 amide bonds. The summed E-state index contributed by atoms with van der Waals surface area (Å²) in [6.45, 7) is -0.0258. The molecule has 1 atom stereocenters. The minimum Gasteiger partial charge on any atom is -0.493 e. The highest BCUT2D eigenvalue weighted by molar-refractivity contribution is 14.0. The Bertz CT molecular complexity index is 612.